The van der Waals surface area contributed by atoms with Crippen molar-refractivity contribution in [2.45, 2.75) is 88.7 Å². The standard InChI is InChI=1S/C28H44N8O7/c1-2-3-10-20-26(42)35-19(11-7-12-31-28(29)30)25(41)32-16-23(38)33-18(15-24(39)40)14-22(37)34-21(27(43)36-20)13-17-8-5-4-6-9-17/h4-6,8-9,18-21,23,33,38H,2-3,7,10-16H2,1H3,(H,32,41)(H,34,37)(H,35,42)(H,36,43)(H,39,40)(H4,29,30,31)/t18-,19+,20+,21-,23?/m1/s1. The zero-order valence-electron chi connectivity index (χ0n) is 24.4. The fourth-order valence-corrected chi connectivity index (χ4v) is 4.58. The molecule has 0 spiro atoms. The monoisotopic (exact) mass is 604 g/mol. The Hall–Kier alpha value is -4.24. The summed E-state index contributed by atoms with van der Waals surface area (Å²) in [5, 5.41) is 33.1. The molecule has 11 N–H and O–H groups in total. The quantitative estimate of drug-likeness (QED) is 0.0778. The number of benzene rings is 1. The van der Waals surface area contributed by atoms with Gasteiger partial charge in [0.25, 0.3) is 0 Å². The van der Waals surface area contributed by atoms with Gasteiger partial charge >= 0.3 is 5.97 Å². The van der Waals surface area contributed by atoms with Gasteiger partial charge in [0.2, 0.25) is 23.6 Å². The van der Waals surface area contributed by atoms with Gasteiger partial charge < -0.3 is 42.9 Å². The van der Waals surface area contributed by atoms with Crippen LogP contribution in [0.1, 0.15) is 57.4 Å². The second-order valence-corrected chi connectivity index (χ2v) is 10.4. The van der Waals surface area contributed by atoms with Gasteiger partial charge in [-0.1, -0.05) is 50.1 Å². The average Bonchev–Trinajstić information content (AvgIpc) is 2.94. The summed E-state index contributed by atoms with van der Waals surface area (Å²) in [6, 6.07) is 4.81. The highest BCUT2D eigenvalue weighted by Crippen LogP contribution is 2.09. The summed E-state index contributed by atoms with van der Waals surface area (Å²) in [5.41, 5.74) is 11.5. The van der Waals surface area contributed by atoms with E-state index < -0.39 is 66.4 Å². The number of carbonyl (C=O) groups is 5. The lowest BCUT2D eigenvalue weighted by Crippen LogP contribution is -2.58. The van der Waals surface area contributed by atoms with Gasteiger partial charge in [-0.05, 0) is 24.8 Å². The Morgan fingerprint density at radius 3 is 2.19 bits per heavy atom. The van der Waals surface area contributed by atoms with Gasteiger partial charge in [0, 0.05) is 25.4 Å². The van der Waals surface area contributed by atoms with Crippen LogP contribution in [0.5, 0.6) is 0 Å². The summed E-state index contributed by atoms with van der Waals surface area (Å²) >= 11 is 0. The molecule has 1 aromatic carbocycles. The smallest absolute Gasteiger partial charge is 0.304 e. The molecule has 238 valence electrons. The van der Waals surface area contributed by atoms with Gasteiger partial charge in [0.15, 0.2) is 5.96 Å². The van der Waals surface area contributed by atoms with E-state index in [4.69, 9.17) is 11.5 Å². The number of hydrogen-bond acceptors (Lipinski definition) is 8. The molecule has 43 heavy (non-hydrogen) atoms. The number of nitrogens with zero attached hydrogens (tertiary/aromatic N) is 1. The number of rotatable bonds is 11. The maximum absolute atomic E-state index is 13.5. The molecule has 4 amide bonds. The molecular weight excluding hydrogens is 560 g/mol. The molecule has 1 aliphatic rings. The number of carboxylic acids is 1. The van der Waals surface area contributed by atoms with Crippen LogP contribution in [0.2, 0.25) is 0 Å². The molecule has 1 aliphatic heterocycles. The predicted molar refractivity (Wildman–Crippen MR) is 158 cm³/mol. The highest BCUT2D eigenvalue weighted by molar-refractivity contribution is 5.94. The molecule has 2 rings (SSSR count). The molecule has 0 radical (unpaired) electrons. The maximum Gasteiger partial charge on any atom is 0.304 e. The number of guanidine groups is 1. The highest BCUT2D eigenvalue weighted by Gasteiger charge is 2.31. The Labute approximate surface area is 250 Å². The van der Waals surface area contributed by atoms with Crippen molar-refractivity contribution in [3.8, 4) is 0 Å². The minimum Gasteiger partial charge on any atom is -0.481 e. The van der Waals surface area contributed by atoms with E-state index in [9.17, 15) is 34.2 Å². The zero-order valence-corrected chi connectivity index (χ0v) is 24.4. The third-order valence-electron chi connectivity index (χ3n) is 6.74. The first-order valence-corrected chi connectivity index (χ1v) is 14.4. The molecular formula is C28H44N8O7. The third kappa shape index (κ3) is 13.5. The highest BCUT2D eigenvalue weighted by atomic mass is 16.4. The van der Waals surface area contributed by atoms with Crippen molar-refractivity contribution in [3.05, 3.63) is 35.9 Å². The molecule has 1 heterocycles. The second kappa shape index (κ2) is 18.3. The first-order valence-electron chi connectivity index (χ1n) is 14.4. The summed E-state index contributed by atoms with van der Waals surface area (Å²) in [6.07, 6.45) is -0.0592. The number of aliphatic hydroxyl groups excluding tert-OH is 1. The van der Waals surface area contributed by atoms with E-state index in [0.717, 1.165) is 12.0 Å². The van der Waals surface area contributed by atoms with Crippen molar-refractivity contribution in [2.24, 2.45) is 16.5 Å². The fraction of sp³-hybridized carbons (Fsp3) is 0.571. The van der Waals surface area contributed by atoms with Crippen molar-refractivity contribution in [3.63, 3.8) is 0 Å². The minimum atomic E-state index is -1.41. The molecule has 0 aromatic heterocycles. The van der Waals surface area contributed by atoms with E-state index in [2.05, 4.69) is 31.6 Å². The van der Waals surface area contributed by atoms with Crippen LogP contribution in [0.25, 0.3) is 0 Å². The van der Waals surface area contributed by atoms with Gasteiger partial charge in [0.05, 0.1) is 13.0 Å². The molecule has 1 unspecified atom stereocenters. The van der Waals surface area contributed by atoms with E-state index in [-0.39, 0.29) is 44.7 Å². The first-order chi connectivity index (χ1) is 20.5. The Morgan fingerprint density at radius 1 is 0.930 bits per heavy atom. The Morgan fingerprint density at radius 2 is 1.56 bits per heavy atom. The first kappa shape index (κ1) is 35.0. The van der Waals surface area contributed by atoms with Gasteiger partial charge in [-0.15, -0.1) is 0 Å². The minimum absolute atomic E-state index is 0.107. The largest absolute Gasteiger partial charge is 0.481 e. The third-order valence-corrected chi connectivity index (χ3v) is 6.74. The number of nitrogens with two attached hydrogens (primary N) is 2. The topological polar surface area (TPSA) is 250 Å². The van der Waals surface area contributed by atoms with E-state index in [1.54, 1.807) is 24.3 Å². The summed E-state index contributed by atoms with van der Waals surface area (Å²) in [6.45, 7) is 1.81. The molecule has 5 atom stereocenters. The van der Waals surface area contributed by atoms with Crippen LogP contribution in [0.15, 0.2) is 35.3 Å². The number of carboxylic acid groups (broad SMARTS) is 1. The molecule has 0 saturated carbocycles. The number of unbranched alkanes of at least 4 members (excludes halogenated alkanes) is 1. The van der Waals surface area contributed by atoms with Crippen LogP contribution >= 0.6 is 0 Å². The number of aliphatic imine (C=N–C) groups is 1. The predicted octanol–water partition coefficient (Wildman–Crippen LogP) is -1.80. The number of β-amino-alcohol motifs (C(OH)–C–C–N with tert-alkyl or cyclic N) is 1. The number of carbonyl (C=O) groups excluding carboxylic acids is 4. The lowest BCUT2D eigenvalue weighted by Gasteiger charge is -2.27. The lowest BCUT2D eigenvalue weighted by molar-refractivity contribution is -0.138. The summed E-state index contributed by atoms with van der Waals surface area (Å²) in [5.74, 6) is -3.76. The van der Waals surface area contributed by atoms with Crippen molar-refractivity contribution < 1.29 is 34.2 Å². The SMILES string of the molecule is CCCC[C@@H]1NC(=O)[C@@H](Cc2ccccc2)NC(=O)C[C@H](CC(=O)O)NC(O)CNC(=O)[C@H](CCCN=C(N)N)NC1=O. The Bertz CT molecular complexity index is 1110. The van der Waals surface area contributed by atoms with Crippen LogP contribution in [-0.2, 0) is 30.4 Å². The molecule has 1 aromatic rings. The molecule has 1 saturated heterocycles. The van der Waals surface area contributed by atoms with E-state index in [0.29, 0.717) is 12.8 Å². The zero-order chi connectivity index (χ0) is 31.8. The van der Waals surface area contributed by atoms with E-state index in [1.807, 2.05) is 13.0 Å². The van der Waals surface area contributed by atoms with E-state index in [1.165, 1.54) is 0 Å². The molecule has 0 aliphatic carbocycles. The van der Waals surface area contributed by atoms with Crippen molar-refractivity contribution in [1.29, 1.82) is 0 Å². The van der Waals surface area contributed by atoms with Gasteiger partial charge in [-0.2, -0.15) is 0 Å². The van der Waals surface area contributed by atoms with Crippen molar-refractivity contribution in [2.75, 3.05) is 13.1 Å². The van der Waals surface area contributed by atoms with Crippen molar-refractivity contribution >= 4 is 35.6 Å². The van der Waals surface area contributed by atoms with Crippen LogP contribution < -0.4 is 38.1 Å². The summed E-state index contributed by atoms with van der Waals surface area (Å²) < 4.78 is 0. The second-order valence-electron chi connectivity index (χ2n) is 10.4. The Balaban J connectivity index is 2.40. The molecule has 1 fully saturated rings. The van der Waals surface area contributed by atoms with Crippen molar-refractivity contribution in [1.82, 2.24) is 26.6 Å². The summed E-state index contributed by atoms with van der Waals surface area (Å²) in [7, 11) is 0. The van der Waals surface area contributed by atoms with Gasteiger partial charge in [-0.3, -0.25) is 34.3 Å². The molecule has 15 heteroatoms. The number of aliphatic hydroxyl groups is 1. The van der Waals surface area contributed by atoms with Gasteiger partial charge in [0.1, 0.15) is 24.4 Å². The molecule has 0 bridgehead atoms. The number of nitrogens with one attached hydrogen (secondary N) is 5. The van der Waals surface area contributed by atoms with Gasteiger partial charge in [-0.25, -0.2) is 0 Å². The average molecular weight is 605 g/mol. The normalized spacial score (nSPS) is 24.2. The number of amides is 4. The maximum atomic E-state index is 13.5. The van der Waals surface area contributed by atoms with Crippen LogP contribution in [0, 0.1) is 0 Å². The fourth-order valence-electron chi connectivity index (χ4n) is 4.58. The Kier molecular flexibility index (Phi) is 14.9. The lowest BCUT2D eigenvalue weighted by atomic mass is 10.0. The van der Waals surface area contributed by atoms with Crippen LogP contribution in [-0.4, -0.2) is 89.3 Å². The molecule has 15 nitrogen and oxygen atoms in total. The van der Waals surface area contributed by atoms with E-state index >= 15 is 0 Å². The number of hydrogen-bond donors (Lipinski definition) is 9. The van der Waals surface area contributed by atoms with Crippen LogP contribution in [0.4, 0.5) is 0 Å². The summed E-state index contributed by atoms with van der Waals surface area (Å²) in [4.78, 5) is 68.4. The number of aliphatic carboxylic acids is 1. The van der Waals surface area contributed by atoms with Crippen LogP contribution in [0.3, 0.4) is 0 Å².